The van der Waals surface area contributed by atoms with Gasteiger partial charge in [-0.1, -0.05) is 39.7 Å². The van der Waals surface area contributed by atoms with Crippen LogP contribution >= 0.6 is 0 Å². The molecule has 0 saturated carbocycles. The number of hydrogen-bond acceptors (Lipinski definition) is 4. The summed E-state index contributed by atoms with van der Waals surface area (Å²) in [5.74, 6) is -0.956. The zero-order valence-corrected chi connectivity index (χ0v) is 13.1. The summed E-state index contributed by atoms with van der Waals surface area (Å²) in [4.78, 5) is 24.7. The van der Waals surface area contributed by atoms with Crippen LogP contribution in [0.4, 0.5) is 0 Å². The number of rotatable bonds is 11. The summed E-state index contributed by atoms with van der Waals surface area (Å²) in [6, 6.07) is 0. The van der Waals surface area contributed by atoms with Gasteiger partial charge in [0.25, 0.3) is 0 Å². The molecule has 0 rings (SSSR count). The number of hydrogen-bond donors (Lipinski definition) is 0. The Morgan fingerprint density at radius 3 is 1.85 bits per heavy atom. The van der Waals surface area contributed by atoms with Gasteiger partial charge in [-0.3, -0.25) is 9.59 Å². The molecule has 4 nitrogen and oxygen atoms in total. The van der Waals surface area contributed by atoms with Crippen LogP contribution in [0.1, 0.15) is 59.3 Å². The molecule has 0 atom stereocenters. The van der Waals surface area contributed by atoms with Crippen LogP contribution in [-0.4, -0.2) is 25.2 Å². The summed E-state index contributed by atoms with van der Waals surface area (Å²) >= 11 is 0. The Bertz CT molecular complexity index is 290. The molecule has 0 aliphatic rings. The van der Waals surface area contributed by atoms with Crippen molar-refractivity contribution in [3.63, 3.8) is 0 Å². The lowest BCUT2D eigenvalue weighted by molar-refractivity contribution is -0.173. The van der Waals surface area contributed by atoms with Crippen LogP contribution in [0.15, 0.2) is 12.7 Å². The first-order valence-electron chi connectivity index (χ1n) is 7.54. The molecule has 0 fully saturated rings. The molecule has 0 bridgehead atoms. The van der Waals surface area contributed by atoms with Crippen LogP contribution in [0.3, 0.4) is 0 Å². The average molecular weight is 284 g/mol. The molecule has 0 spiro atoms. The molecule has 0 unspecified atom stereocenters. The highest BCUT2D eigenvalue weighted by Crippen LogP contribution is 2.33. The molecule has 0 amide bonds. The predicted molar refractivity (Wildman–Crippen MR) is 79.3 cm³/mol. The minimum atomic E-state index is -1.22. The molecular formula is C16H28O4. The number of allylic oxidation sites excluding steroid dienone is 1. The highest BCUT2D eigenvalue weighted by Gasteiger charge is 2.47. The number of ether oxygens (including phenoxy) is 2. The van der Waals surface area contributed by atoms with Gasteiger partial charge in [-0.05, 0) is 25.7 Å². The van der Waals surface area contributed by atoms with E-state index < -0.39 is 17.4 Å². The zero-order valence-electron chi connectivity index (χ0n) is 13.1. The van der Waals surface area contributed by atoms with Crippen molar-refractivity contribution in [3.05, 3.63) is 12.7 Å². The van der Waals surface area contributed by atoms with Crippen molar-refractivity contribution < 1.29 is 19.1 Å². The van der Waals surface area contributed by atoms with Gasteiger partial charge >= 0.3 is 11.9 Å². The highest BCUT2D eigenvalue weighted by atomic mass is 16.6. The monoisotopic (exact) mass is 284 g/mol. The third-order valence-corrected chi connectivity index (χ3v) is 3.11. The van der Waals surface area contributed by atoms with Crippen LogP contribution in [0, 0.1) is 5.41 Å². The first-order valence-corrected chi connectivity index (χ1v) is 7.54. The Morgan fingerprint density at radius 1 is 1.00 bits per heavy atom. The summed E-state index contributed by atoms with van der Waals surface area (Å²) in [7, 11) is 0. The normalized spacial score (nSPS) is 10.9. The van der Waals surface area contributed by atoms with Crippen molar-refractivity contribution in [2.75, 3.05) is 13.2 Å². The van der Waals surface area contributed by atoms with Gasteiger partial charge in [0.1, 0.15) is 0 Å². The molecule has 0 aromatic heterocycles. The molecule has 20 heavy (non-hydrogen) atoms. The molecule has 0 aromatic rings. The second-order valence-electron chi connectivity index (χ2n) is 4.95. The topological polar surface area (TPSA) is 52.6 Å². The van der Waals surface area contributed by atoms with Gasteiger partial charge in [0.15, 0.2) is 5.41 Å². The fourth-order valence-corrected chi connectivity index (χ4v) is 1.95. The lowest BCUT2D eigenvalue weighted by Crippen LogP contribution is -2.42. The molecule has 0 aliphatic heterocycles. The van der Waals surface area contributed by atoms with Crippen LogP contribution in [0.2, 0.25) is 0 Å². The molecule has 0 aromatic carbocycles. The second-order valence-corrected chi connectivity index (χ2v) is 4.95. The minimum absolute atomic E-state index is 0.262. The molecular weight excluding hydrogens is 256 g/mol. The van der Waals surface area contributed by atoms with E-state index in [0.29, 0.717) is 19.6 Å². The second kappa shape index (κ2) is 10.5. The molecule has 4 heteroatoms. The van der Waals surface area contributed by atoms with Gasteiger partial charge in [-0.15, -0.1) is 6.58 Å². The van der Waals surface area contributed by atoms with Gasteiger partial charge in [0, 0.05) is 0 Å². The Labute approximate surface area is 122 Å². The van der Waals surface area contributed by atoms with E-state index in [1.165, 1.54) is 0 Å². The molecule has 0 saturated heterocycles. The maximum atomic E-state index is 12.4. The van der Waals surface area contributed by atoms with Crippen molar-refractivity contribution in [1.82, 2.24) is 0 Å². The lowest BCUT2D eigenvalue weighted by atomic mass is 9.79. The summed E-state index contributed by atoms with van der Waals surface area (Å²) in [5, 5.41) is 0. The van der Waals surface area contributed by atoms with E-state index in [1.807, 2.05) is 20.8 Å². The Morgan fingerprint density at radius 2 is 1.50 bits per heavy atom. The summed E-state index contributed by atoms with van der Waals surface area (Å²) in [5.41, 5.74) is -1.22. The van der Waals surface area contributed by atoms with Gasteiger partial charge in [-0.2, -0.15) is 0 Å². The SMILES string of the molecule is C=CCC(CCCC)(C(=O)OCCC)C(=O)OCCC. The lowest BCUT2D eigenvalue weighted by Gasteiger charge is -2.28. The van der Waals surface area contributed by atoms with E-state index in [9.17, 15) is 9.59 Å². The van der Waals surface area contributed by atoms with Crippen molar-refractivity contribution in [1.29, 1.82) is 0 Å². The quantitative estimate of drug-likeness (QED) is 0.330. The van der Waals surface area contributed by atoms with E-state index in [2.05, 4.69) is 6.58 Å². The van der Waals surface area contributed by atoms with E-state index in [0.717, 1.165) is 25.7 Å². The molecule has 0 heterocycles. The van der Waals surface area contributed by atoms with Crippen LogP contribution < -0.4 is 0 Å². The van der Waals surface area contributed by atoms with E-state index in [4.69, 9.17) is 9.47 Å². The largest absolute Gasteiger partial charge is 0.465 e. The highest BCUT2D eigenvalue weighted by molar-refractivity contribution is 6.00. The summed E-state index contributed by atoms with van der Waals surface area (Å²) in [6.07, 6.45) is 5.44. The van der Waals surface area contributed by atoms with Gasteiger partial charge < -0.3 is 9.47 Å². The molecule has 116 valence electrons. The van der Waals surface area contributed by atoms with Crippen LogP contribution in [0.25, 0.3) is 0 Å². The minimum Gasteiger partial charge on any atom is -0.465 e. The Hall–Kier alpha value is -1.32. The van der Waals surface area contributed by atoms with Gasteiger partial charge in [0.2, 0.25) is 0 Å². The van der Waals surface area contributed by atoms with Crippen molar-refractivity contribution in [2.24, 2.45) is 5.41 Å². The zero-order chi connectivity index (χ0) is 15.4. The Balaban J connectivity index is 5.15. The number of unbranched alkanes of at least 4 members (excludes halogenated alkanes) is 1. The first kappa shape index (κ1) is 18.7. The average Bonchev–Trinajstić information content (AvgIpc) is 2.46. The van der Waals surface area contributed by atoms with Crippen molar-refractivity contribution in [3.8, 4) is 0 Å². The third-order valence-electron chi connectivity index (χ3n) is 3.11. The fraction of sp³-hybridized carbons (Fsp3) is 0.750. The van der Waals surface area contributed by atoms with Crippen molar-refractivity contribution in [2.45, 2.75) is 59.3 Å². The van der Waals surface area contributed by atoms with E-state index in [1.54, 1.807) is 6.08 Å². The first-order chi connectivity index (χ1) is 9.58. The summed E-state index contributed by atoms with van der Waals surface area (Å²) < 4.78 is 10.4. The maximum absolute atomic E-state index is 12.4. The number of carbonyl (C=O) groups excluding carboxylic acids is 2. The van der Waals surface area contributed by atoms with E-state index in [-0.39, 0.29) is 6.42 Å². The third kappa shape index (κ3) is 5.35. The summed E-state index contributed by atoms with van der Waals surface area (Å²) in [6.45, 7) is 10.2. The maximum Gasteiger partial charge on any atom is 0.323 e. The van der Waals surface area contributed by atoms with E-state index >= 15 is 0 Å². The van der Waals surface area contributed by atoms with Gasteiger partial charge in [0.05, 0.1) is 13.2 Å². The number of carbonyl (C=O) groups is 2. The standard InChI is InChI=1S/C16H28O4/c1-5-9-11-16(10-6-2,14(17)19-12-7-3)15(18)20-13-8-4/h6H,2,5,7-13H2,1,3-4H3. The molecule has 0 N–H and O–H groups in total. The van der Waals surface area contributed by atoms with Gasteiger partial charge in [-0.25, -0.2) is 0 Å². The van der Waals surface area contributed by atoms with Crippen LogP contribution in [-0.2, 0) is 19.1 Å². The van der Waals surface area contributed by atoms with Crippen molar-refractivity contribution >= 4 is 11.9 Å². The fourth-order valence-electron chi connectivity index (χ4n) is 1.95. The van der Waals surface area contributed by atoms with Crippen LogP contribution in [0.5, 0.6) is 0 Å². The number of esters is 2. The Kier molecular flexibility index (Phi) is 9.77. The molecule has 0 aliphatic carbocycles. The predicted octanol–water partition coefficient (Wildman–Crippen LogP) is 3.65. The smallest absolute Gasteiger partial charge is 0.323 e. The molecule has 0 radical (unpaired) electrons.